The molecule has 0 heterocycles. The molecule has 7 rings (SSSR count). The van der Waals surface area contributed by atoms with Crippen LogP contribution >= 0.6 is 0 Å². The quantitative estimate of drug-likeness (QED) is 0.162. The van der Waals surface area contributed by atoms with E-state index in [0.29, 0.717) is 5.56 Å². The highest BCUT2D eigenvalue weighted by Crippen LogP contribution is 2.52. The maximum atomic E-state index is 14.8. The van der Waals surface area contributed by atoms with Crippen LogP contribution < -0.4 is 0 Å². The van der Waals surface area contributed by atoms with Crippen molar-refractivity contribution in [3.05, 3.63) is 143 Å². The molecule has 0 nitrogen and oxygen atoms in total. The molecule has 184 valence electrons. The van der Waals surface area contributed by atoms with Crippen molar-refractivity contribution >= 4 is 21.5 Å². The van der Waals surface area contributed by atoms with E-state index in [1.54, 1.807) is 0 Å². The number of halogens is 4. The van der Waals surface area contributed by atoms with Crippen LogP contribution in [0.1, 0.15) is 28.2 Å². The number of hydrogen-bond donors (Lipinski definition) is 0. The Kier molecular flexibility index (Phi) is 4.96. The van der Waals surface area contributed by atoms with Gasteiger partial charge in [-0.1, -0.05) is 103 Å². The van der Waals surface area contributed by atoms with Gasteiger partial charge in [-0.15, -0.1) is 0 Å². The minimum atomic E-state index is -4.75. The summed E-state index contributed by atoms with van der Waals surface area (Å²) in [5.41, 5.74) is 5.88. The third kappa shape index (κ3) is 3.30. The first-order valence-electron chi connectivity index (χ1n) is 12.4. The van der Waals surface area contributed by atoms with E-state index in [-0.39, 0.29) is 5.92 Å². The summed E-state index contributed by atoms with van der Waals surface area (Å²) < 4.78 is 54.7. The number of benzene rings is 6. The van der Waals surface area contributed by atoms with Crippen molar-refractivity contribution in [3.8, 4) is 22.3 Å². The van der Waals surface area contributed by atoms with E-state index in [1.165, 1.54) is 28.3 Å². The van der Waals surface area contributed by atoms with Gasteiger partial charge in [-0.25, -0.2) is 4.39 Å². The Bertz CT molecular complexity index is 1780. The number of alkyl halides is 3. The zero-order chi connectivity index (χ0) is 26.0. The molecule has 0 unspecified atom stereocenters. The molecule has 6 aromatic rings. The first-order chi connectivity index (χ1) is 18.4. The molecule has 0 N–H and O–H groups in total. The van der Waals surface area contributed by atoms with Gasteiger partial charge in [0.15, 0.2) is 0 Å². The summed E-state index contributed by atoms with van der Waals surface area (Å²) in [6.07, 6.45) is -4.75. The van der Waals surface area contributed by atoms with Gasteiger partial charge in [-0.05, 0) is 72.6 Å². The van der Waals surface area contributed by atoms with E-state index in [9.17, 15) is 17.6 Å². The van der Waals surface area contributed by atoms with Crippen LogP contribution in [0.5, 0.6) is 0 Å². The van der Waals surface area contributed by atoms with E-state index in [4.69, 9.17) is 0 Å². The smallest absolute Gasteiger partial charge is 0.206 e. The van der Waals surface area contributed by atoms with Gasteiger partial charge in [0.05, 0.1) is 5.56 Å². The third-order valence-electron chi connectivity index (χ3n) is 7.66. The van der Waals surface area contributed by atoms with Crippen LogP contribution in [-0.4, -0.2) is 0 Å². The second-order valence-corrected chi connectivity index (χ2v) is 9.68. The molecule has 0 fully saturated rings. The van der Waals surface area contributed by atoms with Gasteiger partial charge in [0.2, 0.25) is 0 Å². The first-order valence-corrected chi connectivity index (χ1v) is 12.4. The molecule has 0 aromatic heterocycles. The number of fused-ring (bicyclic) bond motifs is 5. The zero-order valence-corrected chi connectivity index (χ0v) is 20.1. The highest BCUT2D eigenvalue weighted by molar-refractivity contribution is 6.16. The summed E-state index contributed by atoms with van der Waals surface area (Å²) >= 11 is 0. The molecule has 0 spiro atoms. The molecular weight excluding hydrogens is 484 g/mol. The highest BCUT2D eigenvalue weighted by atomic mass is 19.4. The summed E-state index contributed by atoms with van der Waals surface area (Å²) in [6, 6.07) is 35.9. The van der Waals surface area contributed by atoms with Gasteiger partial charge in [0.25, 0.3) is 0 Å². The minimum absolute atomic E-state index is 0.0180. The minimum Gasteiger partial charge on any atom is -0.206 e. The summed E-state index contributed by atoms with van der Waals surface area (Å²) in [4.78, 5) is 0. The molecule has 0 amide bonds. The van der Waals surface area contributed by atoms with Crippen molar-refractivity contribution in [2.24, 2.45) is 0 Å². The Labute approximate surface area is 216 Å². The predicted molar refractivity (Wildman–Crippen MR) is 145 cm³/mol. The van der Waals surface area contributed by atoms with Crippen LogP contribution in [0.25, 0.3) is 43.8 Å². The van der Waals surface area contributed by atoms with Gasteiger partial charge in [0.1, 0.15) is 5.82 Å². The molecule has 6 aromatic carbocycles. The van der Waals surface area contributed by atoms with Gasteiger partial charge in [-0.2, -0.15) is 13.2 Å². The molecule has 0 radical (unpaired) electrons. The predicted octanol–water partition coefficient (Wildman–Crippen LogP) is 9.98. The largest absolute Gasteiger partial charge is 0.419 e. The Morgan fingerprint density at radius 3 is 1.50 bits per heavy atom. The topological polar surface area (TPSA) is 0 Å². The Hall–Kier alpha value is -4.44. The van der Waals surface area contributed by atoms with Gasteiger partial charge in [0, 0.05) is 5.92 Å². The monoisotopic (exact) mass is 504 g/mol. The van der Waals surface area contributed by atoms with Crippen molar-refractivity contribution in [1.82, 2.24) is 0 Å². The lowest BCUT2D eigenvalue weighted by Crippen LogP contribution is -2.08. The molecule has 4 heteroatoms. The van der Waals surface area contributed by atoms with E-state index in [0.717, 1.165) is 44.8 Å². The van der Waals surface area contributed by atoms with Crippen molar-refractivity contribution in [3.63, 3.8) is 0 Å². The zero-order valence-electron chi connectivity index (χ0n) is 20.1. The Morgan fingerprint density at radius 1 is 0.526 bits per heavy atom. The average Bonchev–Trinajstić information content (AvgIpc) is 3.25. The van der Waals surface area contributed by atoms with Gasteiger partial charge < -0.3 is 0 Å². The molecule has 0 atom stereocenters. The lowest BCUT2D eigenvalue weighted by atomic mass is 9.80. The first kappa shape index (κ1) is 22.7. The average molecular weight is 505 g/mol. The third-order valence-corrected chi connectivity index (χ3v) is 7.66. The van der Waals surface area contributed by atoms with E-state index < -0.39 is 17.6 Å². The Morgan fingerprint density at radius 2 is 1.00 bits per heavy atom. The summed E-state index contributed by atoms with van der Waals surface area (Å²) in [5, 5.41) is 3.75. The van der Waals surface area contributed by atoms with E-state index in [2.05, 4.69) is 60.7 Å². The summed E-state index contributed by atoms with van der Waals surface area (Å²) in [7, 11) is 0. The Balaban J connectivity index is 1.59. The molecule has 0 aliphatic heterocycles. The highest BCUT2D eigenvalue weighted by Gasteiger charge is 2.35. The van der Waals surface area contributed by atoms with Crippen LogP contribution in [0.2, 0.25) is 0 Å². The van der Waals surface area contributed by atoms with Crippen LogP contribution in [0.15, 0.2) is 115 Å². The summed E-state index contributed by atoms with van der Waals surface area (Å²) in [5.74, 6) is -1.29. The van der Waals surface area contributed by atoms with E-state index >= 15 is 0 Å². The molecule has 0 saturated carbocycles. The van der Waals surface area contributed by atoms with Crippen LogP contribution in [-0.2, 0) is 6.18 Å². The fourth-order valence-corrected chi connectivity index (χ4v) is 6.15. The lowest BCUT2D eigenvalue weighted by molar-refractivity contribution is -0.139. The fourth-order valence-electron chi connectivity index (χ4n) is 6.15. The van der Waals surface area contributed by atoms with Crippen LogP contribution in [0.3, 0.4) is 0 Å². The fraction of sp³-hybridized carbons (Fsp3) is 0.0588. The SMILES string of the molecule is Fc1cc(-c2c3ccccc3c(C3c4ccccc4-c4ccccc43)c3ccccc23)ccc1C(F)(F)F. The normalized spacial score (nSPS) is 13.2. The molecule has 0 bridgehead atoms. The van der Waals surface area contributed by atoms with Crippen molar-refractivity contribution in [2.75, 3.05) is 0 Å². The maximum Gasteiger partial charge on any atom is 0.419 e. The molecule has 0 saturated heterocycles. The number of hydrogen-bond acceptors (Lipinski definition) is 0. The standard InChI is InChI=1S/C34H20F4/c35-30-19-20(17-18-29(30)34(36,37)38)31-25-13-5-7-15-27(25)33(28-16-8-6-14-26(28)31)32-23-11-3-1-9-21(23)22-10-2-4-12-24(22)32/h1-19,32H. The molecule has 1 aliphatic carbocycles. The van der Waals surface area contributed by atoms with Crippen molar-refractivity contribution in [2.45, 2.75) is 12.1 Å². The van der Waals surface area contributed by atoms with Crippen LogP contribution in [0.4, 0.5) is 17.6 Å². The molecule has 38 heavy (non-hydrogen) atoms. The van der Waals surface area contributed by atoms with Gasteiger partial charge >= 0.3 is 6.18 Å². The second-order valence-electron chi connectivity index (χ2n) is 9.68. The van der Waals surface area contributed by atoms with E-state index in [1.807, 2.05) is 36.4 Å². The van der Waals surface area contributed by atoms with Gasteiger partial charge in [-0.3, -0.25) is 0 Å². The van der Waals surface area contributed by atoms with Crippen molar-refractivity contribution in [1.29, 1.82) is 0 Å². The number of rotatable bonds is 2. The van der Waals surface area contributed by atoms with Crippen LogP contribution in [0, 0.1) is 5.82 Å². The summed E-state index contributed by atoms with van der Waals surface area (Å²) in [6.45, 7) is 0. The lowest BCUT2D eigenvalue weighted by Gasteiger charge is -2.23. The van der Waals surface area contributed by atoms with Crippen molar-refractivity contribution < 1.29 is 17.6 Å². The maximum absolute atomic E-state index is 14.8. The molecular formula is C34H20F4. The second kappa shape index (κ2) is 8.29. The molecule has 1 aliphatic rings.